The number of phenols is 1. The Bertz CT molecular complexity index is 1430. The van der Waals surface area contributed by atoms with Gasteiger partial charge < -0.3 is 24.4 Å². The minimum absolute atomic E-state index is 0.113. The number of rotatable bonds is 4. The number of halogens is 1. The number of carbonyl (C=O) groups excluding carboxylic acids is 1. The lowest BCUT2D eigenvalue weighted by Crippen LogP contribution is -2.48. The van der Waals surface area contributed by atoms with Gasteiger partial charge in [-0.15, -0.1) is 0 Å². The number of ether oxygens (including phenoxy) is 1. The van der Waals surface area contributed by atoms with Crippen LogP contribution in [0, 0.1) is 11.7 Å². The number of esters is 1. The molecular weight excluding hydrogens is 445 g/mol. The maximum Gasteiger partial charge on any atom is 0.343 e. The number of fused-ring (bicyclic) bond motifs is 5. The molecule has 1 aromatic carbocycles. The number of hydrogen-bond donors (Lipinski definition) is 2. The minimum Gasteiger partial charge on any atom is -0.506 e. The highest BCUT2D eigenvalue weighted by molar-refractivity contribution is 5.91. The van der Waals surface area contributed by atoms with E-state index in [4.69, 9.17) is 9.57 Å². The summed E-state index contributed by atoms with van der Waals surface area (Å²) in [6, 6.07) is 4.31. The molecule has 0 spiro atoms. The molecule has 0 bridgehead atoms. The number of aromatic hydroxyl groups is 1. The standard InChI is InChI=1S/C24H24FN3O6/c1-11(2)24(32)16-6-18-20-12(8-28(18)22(30)15(16)10-34-23(24)31)5-13-14(9-27(3)33-4)17(25)7-19(29)21(13)26-20/h5-7,11,29,32H,8-10H2,1-4H3/t24-/m0/s1. The van der Waals surface area contributed by atoms with Gasteiger partial charge in [-0.05, 0) is 18.1 Å². The third-order valence-corrected chi connectivity index (χ3v) is 6.79. The predicted octanol–water partition coefficient (Wildman–Crippen LogP) is 2.16. The van der Waals surface area contributed by atoms with Crippen LogP contribution in [0.2, 0.25) is 0 Å². The molecule has 4 heterocycles. The van der Waals surface area contributed by atoms with Crippen molar-refractivity contribution in [3.8, 4) is 17.1 Å². The Balaban J connectivity index is 1.76. The molecule has 178 valence electrons. The topological polar surface area (TPSA) is 114 Å². The van der Waals surface area contributed by atoms with Crippen LogP contribution in [-0.4, -0.2) is 45.0 Å². The SMILES string of the molecule is CON(C)Cc1c(F)cc(O)c2nc3c(cc12)Cn1c-3cc2c(c1=O)COC(=O)[C@]2(O)C(C)C. The number of carbonyl (C=O) groups is 1. The molecule has 0 radical (unpaired) electrons. The van der Waals surface area contributed by atoms with Crippen molar-refractivity contribution >= 4 is 16.9 Å². The van der Waals surface area contributed by atoms with Crippen LogP contribution in [0.25, 0.3) is 22.3 Å². The molecule has 0 saturated heterocycles. The molecule has 0 unspecified atom stereocenters. The number of aromatic nitrogens is 2. The molecule has 1 atom stereocenters. The van der Waals surface area contributed by atoms with Crippen molar-refractivity contribution in [2.75, 3.05) is 14.2 Å². The van der Waals surface area contributed by atoms with Crippen LogP contribution in [0.3, 0.4) is 0 Å². The first kappa shape index (κ1) is 22.5. The lowest BCUT2D eigenvalue weighted by molar-refractivity contribution is -0.177. The molecule has 34 heavy (non-hydrogen) atoms. The lowest BCUT2D eigenvalue weighted by atomic mass is 9.80. The van der Waals surface area contributed by atoms with Gasteiger partial charge in [0.2, 0.25) is 0 Å². The van der Waals surface area contributed by atoms with Gasteiger partial charge in [0, 0.05) is 35.2 Å². The molecule has 0 fully saturated rings. The van der Waals surface area contributed by atoms with Crippen molar-refractivity contribution in [2.45, 2.75) is 39.1 Å². The summed E-state index contributed by atoms with van der Waals surface area (Å²) in [5.41, 5.74) is 0.0165. The number of phenolic OH excluding ortho intramolecular Hbond substituents is 1. The molecule has 2 aromatic heterocycles. The van der Waals surface area contributed by atoms with E-state index in [1.54, 1.807) is 33.0 Å². The molecule has 0 amide bonds. The molecule has 2 aliphatic heterocycles. The lowest BCUT2D eigenvalue weighted by Gasteiger charge is -2.35. The Labute approximate surface area is 193 Å². The van der Waals surface area contributed by atoms with Gasteiger partial charge in [-0.25, -0.2) is 14.2 Å². The third kappa shape index (κ3) is 2.99. The summed E-state index contributed by atoms with van der Waals surface area (Å²) < 4.78 is 21.4. The van der Waals surface area contributed by atoms with E-state index in [9.17, 15) is 24.2 Å². The van der Waals surface area contributed by atoms with E-state index in [-0.39, 0.29) is 42.1 Å². The van der Waals surface area contributed by atoms with Gasteiger partial charge in [-0.1, -0.05) is 13.8 Å². The van der Waals surface area contributed by atoms with Gasteiger partial charge in [0.15, 0.2) is 5.60 Å². The summed E-state index contributed by atoms with van der Waals surface area (Å²) in [5, 5.41) is 23.5. The summed E-state index contributed by atoms with van der Waals surface area (Å²) in [4.78, 5) is 35.6. The second-order valence-corrected chi connectivity index (χ2v) is 9.03. The summed E-state index contributed by atoms with van der Waals surface area (Å²) >= 11 is 0. The highest BCUT2D eigenvalue weighted by atomic mass is 19.1. The van der Waals surface area contributed by atoms with E-state index >= 15 is 0 Å². The van der Waals surface area contributed by atoms with Crippen molar-refractivity contribution < 1.29 is 29.0 Å². The smallest absolute Gasteiger partial charge is 0.343 e. The largest absolute Gasteiger partial charge is 0.506 e. The van der Waals surface area contributed by atoms with Crippen molar-refractivity contribution in [2.24, 2.45) is 5.92 Å². The fraction of sp³-hybridized carbons (Fsp3) is 0.375. The quantitative estimate of drug-likeness (QED) is 0.345. The zero-order valence-electron chi connectivity index (χ0n) is 19.2. The van der Waals surface area contributed by atoms with E-state index < -0.39 is 28.9 Å². The monoisotopic (exact) mass is 469 g/mol. The third-order valence-electron chi connectivity index (χ3n) is 6.79. The number of benzene rings is 1. The highest BCUT2D eigenvalue weighted by Gasteiger charge is 2.49. The van der Waals surface area contributed by atoms with E-state index in [1.807, 2.05) is 0 Å². The summed E-state index contributed by atoms with van der Waals surface area (Å²) in [6.45, 7) is 3.40. The molecule has 9 nitrogen and oxygen atoms in total. The predicted molar refractivity (Wildman–Crippen MR) is 119 cm³/mol. The summed E-state index contributed by atoms with van der Waals surface area (Å²) in [7, 11) is 3.12. The number of pyridine rings is 2. The Morgan fingerprint density at radius 1 is 1.32 bits per heavy atom. The molecule has 2 aliphatic rings. The van der Waals surface area contributed by atoms with E-state index in [0.29, 0.717) is 27.9 Å². The average Bonchev–Trinajstić information content (AvgIpc) is 3.16. The fourth-order valence-electron chi connectivity index (χ4n) is 4.77. The average molecular weight is 469 g/mol. The van der Waals surface area contributed by atoms with Crippen molar-refractivity contribution in [3.05, 3.63) is 56.6 Å². The van der Waals surface area contributed by atoms with Crippen LogP contribution >= 0.6 is 0 Å². The van der Waals surface area contributed by atoms with Crippen LogP contribution in [0.15, 0.2) is 23.0 Å². The van der Waals surface area contributed by atoms with Crippen LogP contribution in [0.4, 0.5) is 4.39 Å². The van der Waals surface area contributed by atoms with Gasteiger partial charge in [0.05, 0.1) is 37.2 Å². The number of cyclic esters (lactones) is 1. The van der Waals surface area contributed by atoms with Crippen molar-refractivity contribution in [1.29, 1.82) is 0 Å². The Hall–Kier alpha value is -3.34. The van der Waals surface area contributed by atoms with Gasteiger partial charge >= 0.3 is 5.97 Å². The highest BCUT2D eigenvalue weighted by Crippen LogP contribution is 2.41. The number of nitrogens with zero attached hydrogens (tertiary/aromatic N) is 3. The number of hydrogen-bond acceptors (Lipinski definition) is 8. The van der Waals surface area contributed by atoms with E-state index in [2.05, 4.69) is 4.98 Å². The molecule has 5 rings (SSSR count). The van der Waals surface area contributed by atoms with Gasteiger partial charge in [-0.3, -0.25) is 4.79 Å². The second kappa shape index (κ2) is 7.59. The zero-order valence-corrected chi connectivity index (χ0v) is 19.2. The molecule has 0 aliphatic carbocycles. The Morgan fingerprint density at radius 2 is 2.06 bits per heavy atom. The van der Waals surface area contributed by atoms with E-state index in [0.717, 1.165) is 6.07 Å². The normalized spacial score (nSPS) is 18.9. The van der Waals surface area contributed by atoms with E-state index in [1.165, 1.54) is 16.7 Å². The summed E-state index contributed by atoms with van der Waals surface area (Å²) in [5.74, 6) is -2.28. The second-order valence-electron chi connectivity index (χ2n) is 9.03. The molecule has 3 aromatic rings. The van der Waals surface area contributed by atoms with Crippen molar-refractivity contribution in [3.63, 3.8) is 0 Å². The van der Waals surface area contributed by atoms with Crippen LogP contribution in [0.5, 0.6) is 5.75 Å². The Kier molecular flexibility index (Phi) is 5.01. The van der Waals surface area contributed by atoms with Crippen LogP contribution in [-0.2, 0) is 39.7 Å². The van der Waals surface area contributed by atoms with Crippen molar-refractivity contribution in [1.82, 2.24) is 14.6 Å². The maximum absolute atomic E-state index is 14.8. The van der Waals surface area contributed by atoms with Crippen LogP contribution < -0.4 is 5.56 Å². The minimum atomic E-state index is -1.97. The number of hydroxylamine groups is 2. The molecule has 0 saturated carbocycles. The zero-order chi connectivity index (χ0) is 24.5. The maximum atomic E-state index is 14.8. The fourth-order valence-corrected chi connectivity index (χ4v) is 4.77. The van der Waals surface area contributed by atoms with Crippen LogP contribution in [0.1, 0.15) is 36.1 Å². The first-order chi connectivity index (χ1) is 16.1. The molecule has 2 N–H and O–H groups in total. The summed E-state index contributed by atoms with van der Waals surface area (Å²) in [6.07, 6.45) is 0. The Morgan fingerprint density at radius 3 is 2.74 bits per heavy atom. The first-order valence-electron chi connectivity index (χ1n) is 10.8. The molecule has 10 heteroatoms. The molecular formula is C24H24FN3O6. The van der Waals surface area contributed by atoms with Gasteiger partial charge in [0.1, 0.15) is 23.7 Å². The number of aliphatic hydroxyl groups is 1. The van der Waals surface area contributed by atoms with Gasteiger partial charge in [-0.2, -0.15) is 5.06 Å². The first-order valence-corrected chi connectivity index (χ1v) is 10.8. The van der Waals surface area contributed by atoms with Gasteiger partial charge in [0.25, 0.3) is 5.56 Å².